The molecule has 4 amide bonds. The van der Waals surface area contributed by atoms with Crippen molar-refractivity contribution < 1.29 is 19.1 Å². The van der Waals surface area contributed by atoms with E-state index in [1.165, 1.54) is 41.2 Å². The van der Waals surface area contributed by atoms with Crippen molar-refractivity contribution in [2.24, 2.45) is 5.73 Å². The number of amides is 4. The minimum Gasteiger partial charge on any atom is -0.457 e. The predicted molar refractivity (Wildman–Crippen MR) is 120 cm³/mol. The second-order valence-electron chi connectivity index (χ2n) is 7.10. The maximum absolute atomic E-state index is 13.0. The maximum atomic E-state index is 13.0. The molecule has 3 aromatic rings. The zero-order valence-corrected chi connectivity index (χ0v) is 18.1. The Bertz CT molecular complexity index is 1140. The quantitative estimate of drug-likeness (QED) is 0.480. The molecule has 4 N–H and O–H groups in total. The van der Waals surface area contributed by atoms with Crippen molar-refractivity contribution in [2.45, 2.75) is 18.9 Å². The van der Waals surface area contributed by atoms with E-state index in [4.69, 9.17) is 10.5 Å². The van der Waals surface area contributed by atoms with E-state index in [1.54, 1.807) is 18.5 Å². The van der Waals surface area contributed by atoms with E-state index >= 15 is 0 Å². The number of carbonyl (C=O) groups excluding carboxylic acids is 3. The topological polar surface area (TPSA) is 165 Å². The third-order valence-electron chi connectivity index (χ3n) is 4.79. The maximum Gasteiger partial charge on any atom is 0.341 e. The van der Waals surface area contributed by atoms with Crippen LogP contribution >= 0.6 is 11.3 Å². The zero-order chi connectivity index (χ0) is 23.2. The Morgan fingerprint density at radius 3 is 2.67 bits per heavy atom. The first kappa shape index (κ1) is 22.1. The Morgan fingerprint density at radius 2 is 1.94 bits per heavy atom. The van der Waals surface area contributed by atoms with Crippen molar-refractivity contribution in [3.05, 3.63) is 48.9 Å². The SMILES string of the molecule is NC(=O)N1CCCC(OC(=O)c2cc(-c3cncnc3)sc2NC(=O)Nc2cnccn2)C1. The largest absolute Gasteiger partial charge is 0.457 e. The summed E-state index contributed by atoms with van der Waals surface area (Å²) < 4.78 is 5.64. The van der Waals surface area contributed by atoms with Crippen LogP contribution in [0.1, 0.15) is 23.2 Å². The molecule has 0 radical (unpaired) electrons. The monoisotopic (exact) mass is 468 g/mol. The lowest BCUT2D eigenvalue weighted by molar-refractivity contribution is 0.0129. The fraction of sp³-hybridized carbons (Fsp3) is 0.250. The zero-order valence-electron chi connectivity index (χ0n) is 17.3. The first-order valence-electron chi connectivity index (χ1n) is 9.98. The number of hydrogen-bond acceptors (Lipinski definition) is 9. The summed E-state index contributed by atoms with van der Waals surface area (Å²) in [7, 11) is 0. The van der Waals surface area contributed by atoms with Crippen molar-refractivity contribution in [3.8, 4) is 10.4 Å². The summed E-state index contributed by atoms with van der Waals surface area (Å²) in [5.41, 5.74) is 6.20. The number of ether oxygens (including phenoxy) is 1. The molecule has 4 rings (SSSR count). The Kier molecular flexibility index (Phi) is 6.69. The number of urea groups is 2. The smallest absolute Gasteiger partial charge is 0.341 e. The van der Waals surface area contributed by atoms with Gasteiger partial charge >= 0.3 is 18.0 Å². The van der Waals surface area contributed by atoms with Gasteiger partial charge < -0.3 is 15.4 Å². The molecule has 0 saturated carbocycles. The van der Waals surface area contributed by atoms with Gasteiger partial charge in [0.15, 0.2) is 5.82 Å². The summed E-state index contributed by atoms with van der Waals surface area (Å²) in [6.07, 6.45) is 9.69. The molecule has 0 aliphatic carbocycles. The van der Waals surface area contributed by atoms with Crippen LogP contribution in [0.3, 0.4) is 0 Å². The number of rotatable bonds is 5. The normalized spacial score (nSPS) is 15.5. The molecule has 1 aliphatic heterocycles. The van der Waals surface area contributed by atoms with Crippen LogP contribution in [0.15, 0.2) is 43.4 Å². The highest BCUT2D eigenvalue weighted by Gasteiger charge is 2.28. The van der Waals surface area contributed by atoms with Gasteiger partial charge in [-0.1, -0.05) is 0 Å². The van der Waals surface area contributed by atoms with E-state index in [0.717, 1.165) is 0 Å². The molecule has 1 saturated heterocycles. The van der Waals surface area contributed by atoms with Crippen LogP contribution in [0.5, 0.6) is 0 Å². The van der Waals surface area contributed by atoms with E-state index < -0.39 is 24.1 Å². The van der Waals surface area contributed by atoms with E-state index in [-0.39, 0.29) is 22.9 Å². The lowest BCUT2D eigenvalue weighted by Gasteiger charge is -2.31. The van der Waals surface area contributed by atoms with Gasteiger partial charge in [-0.25, -0.2) is 29.3 Å². The fourth-order valence-electron chi connectivity index (χ4n) is 3.27. The van der Waals surface area contributed by atoms with Crippen LogP contribution in [-0.2, 0) is 4.74 Å². The van der Waals surface area contributed by atoms with Gasteiger partial charge in [-0.15, -0.1) is 11.3 Å². The number of aromatic nitrogens is 4. The Labute approximate surface area is 192 Å². The van der Waals surface area contributed by atoms with Crippen LogP contribution < -0.4 is 16.4 Å². The Hall–Kier alpha value is -4.13. The summed E-state index contributed by atoms with van der Waals surface area (Å²) in [4.78, 5) is 55.0. The number of primary amides is 1. The molecule has 0 bridgehead atoms. The number of nitrogens with two attached hydrogens (primary N) is 1. The molecule has 1 fully saturated rings. The second kappa shape index (κ2) is 9.99. The average Bonchev–Trinajstić information content (AvgIpc) is 3.24. The molecule has 170 valence electrons. The molecule has 1 unspecified atom stereocenters. The van der Waals surface area contributed by atoms with Crippen LogP contribution in [0.25, 0.3) is 10.4 Å². The lowest BCUT2D eigenvalue weighted by Crippen LogP contribution is -2.46. The van der Waals surface area contributed by atoms with Gasteiger partial charge in [0.25, 0.3) is 0 Å². The van der Waals surface area contributed by atoms with Gasteiger partial charge in [-0.3, -0.25) is 15.6 Å². The molecule has 4 heterocycles. The predicted octanol–water partition coefficient (Wildman–Crippen LogP) is 2.34. The minimum atomic E-state index is -0.625. The van der Waals surface area contributed by atoms with E-state index in [2.05, 4.69) is 30.6 Å². The van der Waals surface area contributed by atoms with Crippen molar-refractivity contribution >= 4 is 40.2 Å². The summed E-state index contributed by atoms with van der Waals surface area (Å²) in [5, 5.41) is 5.50. The Morgan fingerprint density at radius 1 is 1.12 bits per heavy atom. The van der Waals surface area contributed by atoms with Crippen molar-refractivity contribution in [3.63, 3.8) is 0 Å². The number of thiophene rings is 1. The van der Waals surface area contributed by atoms with Gasteiger partial charge in [0, 0.05) is 41.8 Å². The highest BCUT2D eigenvalue weighted by atomic mass is 32.1. The third-order valence-corrected chi connectivity index (χ3v) is 5.89. The number of piperidine rings is 1. The van der Waals surface area contributed by atoms with Crippen LogP contribution in [0.2, 0.25) is 0 Å². The molecule has 1 aliphatic rings. The molecule has 0 aromatic carbocycles. The first-order valence-corrected chi connectivity index (χ1v) is 10.8. The standard InChI is InChI=1S/C20H20N8O4S/c21-19(30)28-5-1-2-13(10-28)32-18(29)14-6-15(12-7-23-11-24-8-12)33-17(14)27-20(31)26-16-9-22-3-4-25-16/h3-4,6-9,11,13H,1-2,5,10H2,(H2,21,30)(H2,25,26,27,31). The number of esters is 1. The molecule has 12 nitrogen and oxygen atoms in total. The molecule has 3 aromatic heterocycles. The number of carbonyl (C=O) groups is 3. The molecule has 1 atom stereocenters. The number of likely N-dealkylation sites (tertiary alicyclic amines) is 1. The number of nitrogens with zero attached hydrogens (tertiary/aromatic N) is 5. The minimum absolute atomic E-state index is 0.171. The summed E-state index contributed by atoms with van der Waals surface area (Å²) in [6, 6.07) is 0.457. The van der Waals surface area contributed by atoms with E-state index in [1.807, 2.05) is 0 Å². The third kappa shape index (κ3) is 5.57. The lowest BCUT2D eigenvalue weighted by atomic mass is 10.1. The van der Waals surface area contributed by atoms with Gasteiger partial charge in [0.1, 0.15) is 17.4 Å². The molecule has 0 spiro atoms. The summed E-state index contributed by atoms with van der Waals surface area (Å²) in [5.74, 6) is -0.374. The number of nitrogens with one attached hydrogen (secondary N) is 2. The van der Waals surface area contributed by atoms with E-state index in [9.17, 15) is 14.4 Å². The van der Waals surface area contributed by atoms with Gasteiger partial charge in [0.2, 0.25) is 0 Å². The van der Waals surface area contributed by atoms with Crippen molar-refractivity contribution in [1.29, 1.82) is 0 Å². The van der Waals surface area contributed by atoms with Crippen LogP contribution in [-0.4, -0.2) is 62.1 Å². The fourth-order valence-corrected chi connectivity index (χ4v) is 4.28. The van der Waals surface area contributed by atoms with Crippen LogP contribution in [0.4, 0.5) is 20.4 Å². The molecule has 33 heavy (non-hydrogen) atoms. The molecule has 13 heteroatoms. The highest BCUT2D eigenvalue weighted by Crippen LogP contribution is 2.36. The van der Waals surface area contributed by atoms with Gasteiger partial charge in [-0.05, 0) is 18.9 Å². The van der Waals surface area contributed by atoms with Crippen molar-refractivity contribution in [1.82, 2.24) is 24.8 Å². The molecular weight excluding hydrogens is 448 g/mol. The number of hydrogen-bond donors (Lipinski definition) is 3. The van der Waals surface area contributed by atoms with Gasteiger partial charge in [0.05, 0.1) is 18.3 Å². The molecular formula is C20H20N8O4S. The summed E-state index contributed by atoms with van der Waals surface area (Å²) in [6.45, 7) is 0.746. The first-order chi connectivity index (χ1) is 16.0. The highest BCUT2D eigenvalue weighted by molar-refractivity contribution is 7.20. The van der Waals surface area contributed by atoms with Crippen molar-refractivity contribution in [2.75, 3.05) is 23.7 Å². The van der Waals surface area contributed by atoms with Crippen LogP contribution in [0, 0.1) is 0 Å². The average molecular weight is 468 g/mol. The van der Waals surface area contributed by atoms with Gasteiger partial charge in [-0.2, -0.15) is 0 Å². The van der Waals surface area contributed by atoms with E-state index in [0.29, 0.717) is 29.8 Å². The number of anilines is 2. The summed E-state index contributed by atoms with van der Waals surface area (Å²) >= 11 is 1.17. The second-order valence-corrected chi connectivity index (χ2v) is 8.16. The Balaban J connectivity index is 1.54.